The van der Waals surface area contributed by atoms with Gasteiger partial charge in [0.15, 0.2) is 0 Å². The first-order chi connectivity index (χ1) is 7.85. The van der Waals surface area contributed by atoms with Crippen LogP contribution < -0.4 is 5.73 Å². The number of nitrogens with zero attached hydrogens (tertiary/aromatic N) is 1. The molecule has 2 rings (SSSR count). The van der Waals surface area contributed by atoms with E-state index >= 15 is 0 Å². The van der Waals surface area contributed by atoms with Crippen LogP contribution in [0.25, 0.3) is 0 Å². The molecule has 1 amide bonds. The molecule has 1 unspecified atom stereocenters. The van der Waals surface area contributed by atoms with E-state index in [-0.39, 0.29) is 5.41 Å². The first-order valence-electron chi connectivity index (χ1n) is 6.90. The zero-order valence-corrected chi connectivity index (χ0v) is 11.5. The summed E-state index contributed by atoms with van der Waals surface area (Å²) in [5, 5.41) is 0. The molecule has 0 bridgehead atoms. The lowest BCUT2D eigenvalue weighted by atomic mass is 9.74. The van der Waals surface area contributed by atoms with Gasteiger partial charge < -0.3 is 10.6 Å². The van der Waals surface area contributed by atoms with Crippen LogP contribution in [0, 0.1) is 10.8 Å². The van der Waals surface area contributed by atoms with Gasteiger partial charge in [-0.25, -0.2) is 0 Å². The van der Waals surface area contributed by atoms with Crippen LogP contribution in [-0.2, 0) is 4.79 Å². The third kappa shape index (κ3) is 2.35. The van der Waals surface area contributed by atoms with Crippen molar-refractivity contribution in [2.75, 3.05) is 13.1 Å². The van der Waals surface area contributed by atoms with Gasteiger partial charge in [-0.1, -0.05) is 27.2 Å². The van der Waals surface area contributed by atoms with Gasteiger partial charge in [0.05, 0.1) is 0 Å². The standard InChI is InChI=1S/C14H26N2O/c1-13(2,3)12(17)16-9-7-14(8-10-16)6-4-5-11(14)15/h11H,4-10,15H2,1-3H3. The van der Waals surface area contributed by atoms with Crippen molar-refractivity contribution in [2.24, 2.45) is 16.6 Å². The SMILES string of the molecule is CC(C)(C)C(=O)N1CCC2(CCCC2N)CC1. The highest BCUT2D eigenvalue weighted by atomic mass is 16.2. The molecule has 1 heterocycles. The first kappa shape index (κ1) is 12.9. The molecule has 1 atom stereocenters. The molecule has 1 aliphatic heterocycles. The first-order valence-corrected chi connectivity index (χ1v) is 6.90. The van der Waals surface area contributed by atoms with Gasteiger partial charge in [-0.2, -0.15) is 0 Å². The molecule has 1 saturated carbocycles. The minimum Gasteiger partial charge on any atom is -0.342 e. The average molecular weight is 238 g/mol. The van der Waals surface area contributed by atoms with E-state index in [1.165, 1.54) is 19.3 Å². The van der Waals surface area contributed by atoms with Gasteiger partial charge in [-0.3, -0.25) is 4.79 Å². The van der Waals surface area contributed by atoms with Gasteiger partial charge in [0.1, 0.15) is 0 Å². The minimum absolute atomic E-state index is 0.248. The van der Waals surface area contributed by atoms with Crippen LogP contribution in [0.3, 0.4) is 0 Å². The topological polar surface area (TPSA) is 46.3 Å². The Morgan fingerprint density at radius 1 is 1.24 bits per heavy atom. The van der Waals surface area contributed by atoms with E-state index in [0.29, 0.717) is 17.4 Å². The maximum atomic E-state index is 12.2. The van der Waals surface area contributed by atoms with Crippen LogP contribution in [0.2, 0.25) is 0 Å². The number of nitrogens with two attached hydrogens (primary N) is 1. The molecule has 98 valence electrons. The molecule has 17 heavy (non-hydrogen) atoms. The Bertz CT molecular complexity index is 298. The van der Waals surface area contributed by atoms with Crippen LogP contribution in [0.4, 0.5) is 0 Å². The number of piperidine rings is 1. The Morgan fingerprint density at radius 3 is 2.24 bits per heavy atom. The summed E-state index contributed by atoms with van der Waals surface area (Å²) in [5.41, 5.74) is 6.36. The summed E-state index contributed by atoms with van der Waals surface area (Å²) in [4.78, 5) is 14.2. The molecular formula is C14H26N2O. The number of likely N-dealkylation sites (tertiary alicyclic amines) is 1. The average Bonchev–Trinajstić information content (AvgIpc) is 2.60. The van der Waals surface area contributed by atoms with Crippen molar-refractivity contribution in [1.82, 2.24) is 4.90 Å². The number of carbonyl (C=O) groups excluding carboxylic acids is 1. The number of amides is 1. The van der Waals surface area contributed by atoms with Gasteiger partial charge in [-0.05, 0) is 31.1 Å². The molecule has 2 N–H and O–H groups in total. The molecule has 0 aromatic heterocycles. The fraction of sp³-hybridized carbons (Fsp3) is 0.929. The number of hydrogen-bond donors (Lipinski definition) is 1. The highest BCUT2D eigenvalue weighted by Gasteiger charge is 2.44. The van der Waals surface area contributed by atoms with Gasteiger partial charge in [0.25, 0.3) is 0 Å². The molecule has 2 fully saturated rings. The van der Waals surface area contributed by atoms with Crippen molar-refractivity contribution < 1.29 is 4.79 Å². The molecule has 1 aliphatic carbocycles. The van der Waals surface area contributed by atoms with E-state index in [2.05, 4.69) is 0 Å². The summed E-state index contributed by atoms with van der Waals surface area (Å²) in [6.07, 6.45) is 5.93. The van der Waals surface area contributed by atoms with E-state index in [4.69, 9.17) is 5.73 Å². The van der Waals surface area contributed by atoms with Crippen LogP contribution in [-0.4, -0.2) is 29.9 Å². The largest absolute Gasteiger partial charge is 0.342 e. The van der Waals surface area contributed by atoms with E-state index < -0.39 is 0 Å². The van der Waals surface area contributed by atoms with E-state index in [1.54, 1.807) is 0 Å². The summed E-state index contributed by atoms with van der Waals surface area (Å²) in [6, 6.07) is 0.370. The van der Waals surface area contributed by atoms with Gasteiger partial charge in [0, 0.05) is 24.5 Å². The molecule has 0 aromatic carbocycles. The lowest BCUT2D eigenvalue weighted by Crippen LogP contribution is -2.50. The summed E-state index contributed by atoms with van der Waals surface area (Å²) in [6.45, 7) is 7.82. The van der Waals surface area contributed by atoms with E-state index in [0.717, 1.165) is 25.9 Å². The van der Waals surface area contributed by atoms with Crippen molar-refractivity contribution in [2.45, 2.75) is 58.9 Å². The molecule has 1 spiro atoms. The van der Waals surface area contributed by atoms with Gasteiger partial charge in [0.2, 0.25) is 5.91 Å². The van der Waals surface area contributed by atoms with E-state index in [1.807, 2.05) is 25.7 Å². The van der Waals surface area contributed by atoms with Crippen LogP contribution in [0.15, 0.2) is 0 Å². The van der Waals surface area contributed by atoms with Crippen molar-refractivity contribution in [3.05, 3.63) is 0 Å². The maximum Gasteiger partial charge on any atom is 0.227 e. The zero-order chi connectivity index (χ0) is 12.7. The van der Waals surface area contributed by atoms with E-state index in [9.17, 15) is 4.79 Å². The second-order valence-corrected chi connectivity index (χ2v) is 6.90. The Hall–Kier alpha value is -0.570. The van der Waals surface area contributed by atoms with Gasteiger partial charge in [-0.15, -0.1) is 0 Å². The maximum absolute atomic E-state index is 12.2. The molecule has 2 aliphatic rings. The van der Waals surface area contributed by atoms with Crippen molar-refractivity contribution >= 4 is 5.91 Å². The van der Waals surface area contributed by atoms with Crippen LogP contribution in [0.1, 0.15) is 52.9 Å². The molecule has 3 nitrogen and oxygen atoms in total. The third-order valence-electron chi connectivity index (χ3n) is 4.66. The zero-order valence-electron chi connectivity index (χ0n) is 11.5. The molecule has 0 aromatic rings. The quantitative estimate of drug-likeness (QED) is 0.703. The summed E-state index contributed by atoms with van der Waals surface area (Å²) in [7, 11) is 0. The third-order valence-corrected chi connectivity index (χ3v) is 4.66. The lowest BCUT2D eigenvalue weighted by molar-refractivity contribution is -0.142. The van der Waals surface area contributed by atoms with Crippen LogP contribution >= 0.6 is 0 Å². The Balaban J connectivity index is 1.97. The smallest absolute Gasteiger partial charge is 0.227 e. The molecule has 3 heteroatoms. The van der Waals surface area contributed by atoms with Gasteiger partial charge >= 0.3 is 0 Å². The predicted octanol–water partition coefficient (Wildman–Crippen LogP) is 2.15. The number of carbonyl (C=O) groups is 1. The Morgan fingerprint density at radius 2 is 1.82 bits per heavy atom. The molecule has 1 saturated heterocycles. The van der Waals surface area contributed by atoms with Crippen molar-refractivity contribution in [3.8, 4) is 0 Å². The summed E-state index contributed by atoms with van der Waals surface area (Å²) >= 11 is 0. The monoisotopic (exact) mass is 238 g/mol. The predicted molar refractivity (Wildman–Crippen MR) is 69.5 cm³/mol. The minimum atomic E-state index is -0.248. The fourth-order valence-corrected chi connectivity index (χ4v) is 3.42. The van der Waals surface area contributed by atoms with Crippen molar-refractivity contribution in [3.63, 3.8) is 0 Å². The highest BCUT2D eigenvalue weighted by molar-refractivity contribution is 5.81. The van der Waals surface area contributed by atoms with Crippen molar-refractivity contribution in [1.29, 1.82) is 0 Å². The lowest BCUT2D eigenvalue weighted by Gasteiger charge is -2.43. The number of hydrogen-bond acceptors (Lipinski definition) is 2. The second kappa shape index (κ2) is 4.27. The Labute approximate surface area is 105 Å². The highest BCUT2D eigenvalue weighted by Crippen LogP contribution is 2.45. The second-order valence-electron chi connectivity index (χ2n) is 6.90. The fourth-order valence-electron chi connectivity index (χ4n) is 3.42. The normalized spacial score (nSPS) is 28.7. The van der Waals surface area contributed by atoms with Crippen LogP contribution in [0.5, 0.6) is 0 Å². The number of rotatable bonds is 0. The molecular weight excluding hydrogens is 212 g/mol. The summed E-state index contributed by atoms with van der Waals surface area (Å²) in [5.74, 6) is 0.291. The summed E-state index contributed by atoms with van der Waals surface area (Å²) < 4.78 is 0. The Kier molecular flexibility index (Phi) is 3.23. The molecule has 0 radical (unpaired) electrons.